The van der Waals surface area contributed by atoms with E-state index < -0.39 is 10.0 Å². The lowest BCUT2D eigenvalue weighted by Crippen LogP contribution is -2.44. The number of morpholine rings is 1. The van der Waals surface area contributed by atoms with E-state index >= 15 is 0 Å². The fourth-order valence-electron chi connectivity index (χ4n) is 2.68. The zero-order chi connectivity index (χ0) is 17.9. The molecule has 1 unspecified atom stereocenters. The van der Waals surface area contributed by atoms with Crippen LogP contribution in [-0.2, 0) is 14.8 Å². The van der Waals surface area contributed by atoms with Crippen LogP contribution in [-0.4, -0.2) is 45.0 Å². The Morgan fingerprint density at radius 2 is 1.80 bits per heavy atom. The van der Waals surface area contributed by atoms with E-state index in [0.29, 0.717) is 30.9 Å². The van der Waals surface area contributed by atoms with Crippen LogP contribution >= 0.6 is 0 Å². The van der Waals surface area contributed by atoms with Gasteiger partial charge in [-0.1, -0.05) is 18.2 Å². The van der Waals surface area contributed by atoms with Gasteiger partial charge in [0.1, 0.15) is 0 Å². The maximum absolute atomic E-state index is 12.5. The third kappa shape index (κ3) is 4.18. The van der Waals surface area contributed by atoms with E-state index in [0.717, 1.165) is 0 Å². The highest BCUT2D eigenvalue weighted by Gasteiger charge is 2.22. The van der Waals surface area contributed by atoms with Crippen molar-refractivity contribution in [3.63, 3.8) is 0 Å². The van der Waals surface area contributed by atoms with E-state index in [1.807, 2.05) is 6.92 Å². The Kier molecular flexibility index (Phi) is 5.06. The molecule has 132 valence electrons. The monoisotopic (exact) mass is 360 g/mol. The van der Waals surface area contributed by atoms with Gasteiger partial charge >= 0.3 is 0 Å². The lowest BCUT2D eigenvalue weighted by atomic mass is 10.1. The first-order valence-electron chi connectivity index (χ1n) is 8.04. The first-order valence-corrected chi connectivity index (χ1v) is 9.53. The molecule has 2 aromatic rings. The van der Waals surface area contributed by atoms with E-state index in [9.17, 15) is 13.2 Å². The summed E-state index contributed by atoms with van der Waals surface area (Å²) in [5.74, 6) is -0.0763. The molecule has 1 N–H and O–H groups in total. The van der Waals surface area contributed by atoms with Crippen LogP contribution < -0.4 is 4.72 Å². The number of anilines is 1. The van der Waals surface area contributed by atoms with Crippen molar-refractivity contribution in [1.29, 1.82) is 0 Å². The lowest BCUT2D eigenvalue weighted by molar-refractivity contribution is -0.0124. The zero-order valence-electron chi connectivity index (χ0n) is 13.9. The number of nitrogens with one attached hydrogen (secondary N) is 1. The molecule has 1 aliphatic rings. The summed E-state index contributed by atoms with van der Waals surface area (Å²) in [5, 5.41) is 0. The molecular formula is C18H20N2O4S. The Labute approximate surface area is 147 Å². The Morgan fingerprint density at radius 1 is 1.12 bits per heavy atom. The van der Waals surface area contributed by atoms with Crippen molar-refractivity contribution >= 4 is 21.6 Å². The van der Waals surface area contributed by atoms with Crippen molar-refractivity contribution in [2.24, 2.45) is 0 Å². The van der Waals surface area contributed by atoms with Gasteiger partial charge in [0, 0.05) is 24.3 Å². The molecule has 1 heterocycles. The van der Waals surface area contributed by atoms with Crippen molar-refractivity contribution in [3.05, 3.63) is 60.2 Å². The number of rotatable bonds is 4. The van der Waals surface area contributed by atoms with Crippen LogP contribution in [0, 0.1) is 0 Å². The number of benzene rings is 2. The molecule has 1 saturated heterocycles. The van der Waals surface area contributed by atoms with Crippen LogP contribution in [0.1, 0.15) is 17.3 Å². The van der Waals surface area contributed by atoms with Crippen molar-refractivity contribution in [2.45, 2.75) is 17.9 Å². The summed E-state index contributed by atoms with van der Waals surface area (Å²) in [5.41, 5.74) is 0.938. The fourth-order valence-corrected chi connectivity index (χ4v) is 3.76. The van der Waals surface area contributed by atoms with Crippen LogP contribution in [0.25, 0.3) is 0 Å². The molecule has 0 bridgehead atoms. The summed E-state index contributed by atoms with van der Waals surface area (Å²) in [6.07, 6.45) is 0.0228. The summed E-state index contributed by atoms with van der Waals surface area (Å²) in [6, 6.07) is 14.6. The molecule has 0 spiro atoms. The van der Waals surface area contributed by atoms with Gasteiger partial charge in [-0.25, -0.2) is 8.42 Å². The van der Waals surface area contributed by atoms with E-state index in [2.05, 4.69) is 4.72 Å². The second kappa shape index (κ2) is 7.25. The average molecular weight is 360 g/mol. The molecule has 1 amide bonds. The maximum Gasteiger partial charge on any atom is 0.261 e. The molecule has 0 aromatic heterocycles. The Bertz CT molecular complexity index is 835. The molecule has 1 aliphatic heterocycles. The summed E-state index contributed by atoms with van der Waals surface area (Å²) in [6.45, 7) is 3.58. The molecular weight excluding hydrogens is 340 g/mol. The number of hydrogen-bond donors (Lipinski definition) is 1. The zero-order valence-corrected chi connectivity index (χ0v) is 14.7. The number of carbonyl (C=O) groups is 1. The molecule has 0 saturated carbocycles. The van der Waals surface area contributed by atoms with Gasteiger partial charge in [-0.05, 0) is 43.3 Å². The minimum absolute atomic E-state index is 0.0228. The molecule has 3 rings (SSSR count). The molecule has 1 atom stereocenters. The van der Waals surface area contributed by atoms with E-state index in [-0.39, 0.29) is 16.9 Å². The standard InChI is InChI=1S/C18H20N2O4S/c1-14-13-20(11-12-24-14)18(21)15-7-9-16(10-8-15)19-25(22,23)17-5-3-2-4-6-17/h2-10,14,19H,11-13H2,1H3. The summed E-state index contributed by atoms with van der Waals surface area (Å²) < 4.78 is 32.6. The van der Waals surface area contributed by atoms with Gasteiger partial charge < -0.3 is 9.64 Å². The largest absolute Gasteiger partial charge is 0.375 e. The highest BCUT2D eigenvalue weighted by atomic mass is 32.2. The van der Waals surface area contributed by atoms with Crippen LogP contribution in [0.2, 0.25) is 0 Å². The molecule has 0 aliphatic carbocycles. The number of carbonyl (C=O) groups excluding carboxylic acids is 1. The third-order valence-electron chi connectivity index (χ3n) is 3.97. The first-order chi connectivity index (χ1) is 12.0. The van der Waals surface area contributed by atoms with Crippen LogP contribution in [0.3, 0.4) is 0 Å². The quantitative estimate of drug-likeness (QED) is 0.908. The van der Waals surface area contributed by atoms with Gasteiger partial charge in [-0.3, -0.25) is 9.52 Å². The number of nitrogens with zero attached hydrogens (tertiary/aromatic N) is 1. The minimum Gasteiger partial charge on any atom is -0.375 e. The number of ether oxygens (including phenoxy) is 1. The average Bonchev–Trinajstić information content (AvgIpc) is 2.62. The van der Waals surface area contributed by atoms with Crippen molar-refractivity contribution in [2.75, 3.05) is 24.4 Å². The van der Waals surface area contributed by atoms with E-state index in [1.165, 1.54) is 12.1 Å². The molecule has 2 aromatic carbocycles. The first kappa shape index (κ1) is 17.4. The summed E-state index contributed by atoms with van der Waals surface area (Å²) >= 11 is 0. The molecule has 7 heteroatoms. The Hall–Kier alpha value is -2.38. The van der Waals surface area contributed by atoms with Gasteiger partial charge in [0.2, 0.25) is 0 Å². The number of hydrogen-bond acceptors (Lipinski definition) is 4. The SMILES string of the molecule is CC1CN(C(=O)c2ccc(NS(=O)(=O)c3ccccc3)cc2)CCO1. The van der Waals surface area contributed by atoms with Crippen molar-refractivity contribution in [3.8, 4) is 0 Å². The third-order valence-corrected chi connectivity index (χ3v) is 5.36. The maximum atomic E-state index is 12.5. The highest BCUT2D eigenvalue weighted by molar-refractivity contribution is 7.92. The normalized spacial score (nSPS) is 18.0. The van der Waals surface area contributed by atoms with Gasteiger partial charge in [0.15, 0.2) is 0 Å². The summed E-state index contributed by atoms with van der Waals surface area (Å²) in [4.78, 5) is 14.4. The molecule has 1 fully saturated rings. The minimum atomic E-state index is -3.64. The second-order valence-corrected chi connectivity index (χ2v) is 7.61. The van der Waals surface area contributed by atoms with Crippen molar-refractivity contribution in [1.82, 2.24) is 4.90 Å². The highest BCUT2D eigenvalue weighted by Crippen LogP contribution is 2.18. The van der Waals surface area contributed by atoms with Gasteiger partial charge in [0.25, 0.3) is 15.9 Å². The number of amides is 1. The molecule has 0 radical (unpaired) electrons. The van der Waals surface area contributed by atoms with E-state index in [4.69, 9.17) is 4.74 Å². The van der Waals surface area contributed by atoms with Gasteiger partial charge in [-0.15, -0.1) is 0 Å². The van der Waals surface area contributed by atoms with E-state index in [1.54, 1.807) is 47.4 Å². The van der Waals surface area contributed by atoms with Crippen LogP contribution in [0.4, 0.5) is 5.69 Å². The Balaban J connectivity index is 1.71. The van der Waals surface area contributed by atoms with Gasteiger partial charge in [-0.2, -0.15) is 0 Å². The topological polar surface area (TPSA) is 75.7 Å². The van der Waals surface area contributed by atoms with Crippen LogP contribution in [0.5, 0.6) is 0 Å². The summed E-state index contributed by atoms with van der Waals surface area (Å²) in [7, 11) is -3.64. The van der Waals surface area contributed by atoms with Gasteiger partial charge in [0.05, 0.1) is 17.6 Å². The fraction of sp³-hybridized carbons (Fsp3) is 0.278. The second-order valence-electron chi connectivity index (χ2n) is 5.93. The smallest absolute Gasteiger partial charge is 0.261 e. The van der Waals surface area contributed by atoms with Crippen molar-refractivity contribution < 1.29 is 17.9 Å². The molecule has 6 nitrogen and oxygen atoms in total. The van der Waals surface area contributed by atoms with Crippen LogP contribution in [0.15, 0.2) is 59.5 Å². The Morgan fingerprint density at radius 3 is 2.44 bits per heavy atom. The molecule has 25 heavy (non-hydrogen) atoms. The predicted octanol–water partition coefficient (Wildman–Crippen LogP) is 2.35. The lowest BCUT2D eigenvalue weighted by Gasteiger charge is -2.31. The predicted molar refractivity (Wildman–Crippen MR) is 95.0 cm³/mol. The number of sulfonamides is 1.